The van der Waals surface area contributed by atoms with E-state index in [-0.39, 0.29) is 6.03 Å². The number of urea groups is 1. The molecule has 2 heterocycles. The minimum Gasteiger partial charge on any atom is -0.334 e. The number of nitrogens with one attached hydrogen (secondary N) is 2. The van der Waals surface area contributed by atoms with Gasteiger partial charge in [0.1, 0.15) is 0 Å². The first-order chi connectivity index (χ1) is 11.7. The van der Waals surface area contributed by atoms with Crippen LogP contribution in [0.5, 0.6) is 0 Å². The first-order valence-corrected chi connectivity index (χ1v) is 7.73. The summed E-state index contributed by atoms with van der Waals surface area (Å²) in [5.74, 6) is 0.722. The molecule has 0 saturated heterocycles. The summed E-state index contributed by atoms with van der Waals surface area (Å²) in [6, 6.07) is 13.5. The van der Waals surface area contributed by atoms with E-state index in [2.05, 4.69) is 26.8 Å². The van der Waals surface area contributed by atoms with E-state index in [0.717, 1.165) is 16.9 Å². The second kappa shape index (κ2) is 7.41. The second-order valence-corrected chi connectivity index (χ2v) is 5.50. The van der Waals surface area contributed by atoms with Gasteiger partial charge in [-0.1, -0.05) is 29.8 Å². The number of hydrogen-bond donors (Lipinski definition) is 2. The summed E-state index contributed by atoms with van der Waals surface area (Å²) in [7, 11) is 0. The van der Waals surface area contributed by atoms with E-state index in [0.29, 0.717) is 13.1 Å². The van der Waals surface area contributed by atoms with Crippen molar-refractivity contribution in [3.8, 4) is 5.82 Å². The smallest absolute Gasteiger partial charge is 0.315 e. The Balaban J connectivity index is 1.52. The standard InChI is InChI=1S/C18H19N5O/c1-14-4-2-5-15(10-14)12-20-18(24)21-13-16-6-8-19-17(11-16)23-9-3-7-22-23/h2-11H,12-13H2,1H3,(H2,20,21,24). The van der Waals surface area contributed by atoms with Gasteiger partial charge in [-0.15, -0.1) is 0 Å². The molecule has 6 heteroatoms. The minimum atomic E-state index is -0.200. The molecule has 0 spiro atoms. The van der Waals surface area contributed by atoms with Crippen molar-refractivity contribution in [2.24, 2.45) is 0 Å². The number of hydrogen-bond acceptors (Lipinski definition) is 3. The van der Waals surface area contributed by atoms with E-state index in [4.69, 9.17) is 0 Å². The molecule has 0 fully saturated rings. The lowest BCUT2D eigenvalue weighted by Gasteiger charge is -2.09. The first kappa shape index (κ1) is 15.7. The maximum atomic E-state index is 11.9. The molecular formula is C18H19N5O. The van der Waals surface area contributed by atoms with Gasteiger partial charge in [-0.2, -0.15) is 5.10 Å². The van der Waals surface area contributed by atoms with E-state index in [1.165, 1.54) is 5.56 Å². The highest BCUT2D eigenvalue weighted by atomic mass is 16.2. The Bertz CT molecular complexity index is 814. The summed E-state index contributed by atoms with van der Waals surface area (Å²) >= 11 is 0. The molecule has 3 aromatic rings. The summed E-state index contributed by atoms with van der Waals surface area (Å²) < 4.78 is 1.68. The molecule has 0 saturated carbocycles. The average Bonchev–Trinajstić information content (AvgIpc) is 3.13. The number of aryl methyl sites for hydroxylation is 1. The number of carbonyl (C=O) groups excluding carboxylic acids is 1. The SMILES string of the molecule is Cc1cccc(CNC(=O)NCc2ccnc(-n3cccn3)c2)c1. The van der Waals surface area contributed by atoms with Crippen LogP contribution in [0.25, 0.3) is 5.82 Å². The van der Waals surface area contributed by atoms with Gasteiger partial charge in [-0.05, 0) is 36.2 Å². The number of rotatable bonds is 5. The Hall–Kier alpha value is -3.15. The van der Waals surface area contributed by atoms with Gasteiger partial charge in [-0.25, -0.2) is 14.5 Å². The van der Waals surface area contributed by atoms with Crippen molar-refractivity contribution >= 4 is 6.03 Å². The van der Waals surface area contributed by atoms with Crippen LogP contribution >= 0.6 is 0 Å². The number of nitrogens with zero attached hydrogens (tertiary/aromatic N) is 3. The summed E-state index contributed by atoms with van der Waals surface area (Å²) in [6.07, 6.45) is 5.23. The number of carbonyl (C=O) groups is 1. The molecule has 0 aliphatic rings. The fourth-order valence-electron chi connectivity index (χ4n) is 2.35. The quantitative estimate of drug-likeness (QED) is 0.758. The van der Waals surface area contributed by atoms with Gasteiger partial charge >= 0.3 is 6.03 Å². The number of pyridine rings is 1. The molecule has 122 valence electrons. The highest BCUT2D eigenvalue weighted by Gasteiger charge is 2.03. The van der Waals surface area contributed by atoms with Gasteiger partial charge in [-0.3, -0.25) is 0 Å². The average molecular weight is 321 g/mol. The third-order valence-corrected chi connectivity index (χ3v) is 3.54. The van der Waals surface area contributed by atoms with Crippen molar-refractivity contribution in [1.82, 2.24) is 25.4 Å². The lowest BCUT2D eigenvalue weighted by atomic mass is 10.1. The number of amides is 2. The van der Waals surface area contributed by atoms with E-state index >= 15 is 0 Å². The largest absolute Gasteiger partial charge is 0.334 e. The predicted octanol–water partition coefficient (Wildman–Crippen LogP) is 2.58. The fraction of sp³-hybridized carbons (Fsp3) is 0.167. The zero-order valence-electron chi connectivity index (χ0n) is 13.4. The highest BCUT2D eigenvalue weighted by molar-refractivity contribution is 5.73. The van der Waals surface area contributed by atoms with E-state index in [1.54, 1.807) is 17.1 Å². The van der Waals surface area contributed by atoms with Crippen LogP contribution < -0.4 is 10.6 Å². The van der Waals surface area contributed by atoms with Crippen molar-refractivity contribution in [1.29, 1.82) is 0 Å². The summed E-state index contributed by atoms with van der Waals surface area (Å²) in [6.45, 7) is 2.96. The summed E-state index contributed by atoms with van der Waals surface area (Å²) in [5, 5.41) is 9.85. The van der Waals surface area contributed by atoms with Crippen molar-refractivity contribution in [2.45, 2.75) is 20.0 Å². The van der Waals surface area contributed by atoms with E-state index < -0.39 is 0 Å². The van der Waals surface area contributed by atoms with Crippen LogP contribution in [0.2, 0.25) is 0 Å². The molecule has 2 N–H and O–H groups in total. The molecule has 2 amide bonds. The lowest BCUT2D eigenvalue weighted by molar-refractivity contribution is 0.240. The predicted molar refractivity (Wildman–Crippen MR) is 91.6 cm³/mol. The first-order valence-electron chi connectivity index (χ1n) is 7.73. The highest BCUT2D eigenvalue weighted by Crippen LogP contribution is 2.06. The molecular weight excluding hydrogens is 302 g/mol. The second-order valence-electron chi connectivity index (χ2n) is 5.50. The topological polar surface area (TPSA) is 71.8 Å². The van der Waals surface area contributed by atoms with Crippen LogP contribution in [-0.4, -0.2) is 20.8 Å². The zero-order chi connectivity index (χ0) is 16.8. The van der Waals surface area contributed by atoms with Crippen LogP contribution in [0, 0.1) is 6.92 Å². The van der Waals surface area contributed by atoms with Crippen LogP contribution in [-0.2, 0) is 13.1 Å². The van der Waals surface area contributed by atoms with Gasteiger partial charge < -0.3 is 10.6 Å². The molecule has 2 aromatic heterocycles. The lowest BCUT2D eigenvalue weighted by Crippen LogP contribution is -2.34. The Labute approximate surface area is 140 Å². The third kappa shape index (κ3) is 4.19. The molecule has 6 nitrogen and oxygen atoms in total. The third-order valence-electron chi connectivity index (χ3n) is 3.54. The normalized spacial score (nSPS) is 10.4. The molecule has 0 bridgehead atoms. The van der Waals surface area contributed by atoms with Gasteiger partial charge in [0.2, 0.25) is 0 Å². The molecule has 0 unspecified atom stereocenters. The Morgan fingerprint density at radius 1 is 1.04 bits per heavy atom. The maximum Gasteiger partial charge on any atom is 0.315 e. The number of benzene rings is 1. The zero-order valence-corrected chi connectivity index (χ0v) is 13.4. The van der Waals surface area contributed by atoms with Gasteiger partial charge in [0.05, 0.1) is 0 Å². The molecule has 1 aromatic carbocycles. The number of aromatic nitrogens is 3. The maximum absolute atomic E-state index is 11.9. The van der Waals surface area contributed by atoms with Crippen LogP contribution in [0.1, 0.15) is 16.7 Å². The van der Waals surface area contributed by atoms with Crippen molar-refractivity contribution in [2.75, 3.05) is 0 Å². The van der Waals surface area contributed by atoms with Crippen LogP contribution in [0.4, 0.5) is 4.79 Å². The Morgan fingerprint density at radius 2 is 1.83 bits per heavy atom. The summed E-state index contributed by atoms with van der Waals surface area (Å²) in [4.78, 5) is 16.2. The molecule has 0 aliphatic carbocycles. The van der Waals surface area contributed by atoms with E-state index in [1.807, 2.05) is 49.5 Å². The Kier molecular flexibility index (Phi) is 4.86. The van der Waals surface area contributed by atoms with E-state index in [9.17, 15) is 4.79 Å². The molecule has 3 rings (SSSR count). The van der Waals surface area contributed by atoms with Crippen molar-refractivity contribution < 1.29 is 4.79 Å². The van der Waals surface area contributed by atoms with Gasteiger partial charge in [0.15, 0.2) is 5.82 Å². The molecule has 0 aliphatic heterocycles. The van der Waals surface area contributed by atoms with Crippen LogP contribution in [0.15, 0.2) is 61.1 Å². The molecule has 24 heavy (non-hydrogen) atoms. The molecule has 0 radical (unpaired) electrons. The van der Waals surface area contributed by atoms with Gasteiger partial charge in [0.25, 0.3) is 0 Å². The van der Waals surface area contributed by atoms with Crippen LogP contribution in [0.3, 0.4) is 0 Å². The summed E-state index contributed by atoms with van der Waals surface area (Å²) in [5.41, 5.74) is 3.22. The van der Waals surface area contributed by atoms with Crippen molar-refractivity contribution in [3.63, 3.8) is 0 Å². The molecule has 0 atom stereocenters. The monoisotopic (exact) mass is 321 g/mol. The van der Waals surface area contributed by atoms with Gasteiger partial charge in [0, 0.05) is 31.7 Å². The van der Waals surface area contributed by atoms with Crippen molar-refractivity contribution in [3.05, 3.63) is 77.7 Å². The fourth-order valence-corrected chi connectivity index (χ4v) is 2.35. The minimum absolute atomic E-state index is 0.200. The Morgan fingerprint density at radius 3 is 2.54 bits per heavy atom.